The highest BCUT2D eigenvalue weighted by atomic mass is 35.5. The zero-order chi connectivity index (χ0) is 17.5. The molecule has 6 nitrogen and oxygen atoms in total. The monoisotopic (exact) mass is 369 g/mol. The Morgan fingerprint density at radius 2 is 1.92 bits per heavy atom. The first-order chi connectivity index (χ1) is 11.6. The first-order valence-electron chi connectivity index (χ1n) is 7.33. The predicted molar refractivity (Wildman–Crippen MR) is 95.9 cm³/mol. The van der Waals surface area contributed by atoms with Crippen molar-refractivity contribution in [2.45, 2.75) is 18.3 Å². The van der Waals surface area contributed by atoms with Gasteiger partial charge in [-0.25, -0.2) is 9.97 Å². The summed E-state index contributed by atoms with van der Waals surface area (Å²) >= 11 is 7.54. The van der Waals surface area contributed by atoms with Crippen LogP contribution in [0.4, 0.5) is 5.82 Å². The third-order valence-corrected chi connectivity index (χ3v) is 4.32. The van der Waals surface area contributed by atoms with Gasteiger partial charge in [0.15, 0.2) is 5.16 Å². The van der Waals surface area contributed by atoms with Crippen molar-refractivity contribution < 1.29 is 14.9 Å². The number of hydrogen-bond donors (Lipinski definition) is 2. The van der Waals surface area contributed by atoms with Crippen LogP contribution in [0.5, 0.6) is 5.75 Å². The maximum atomic E-state index is 9.64. The molecule has 0 radical (unpaired) electrons. The number of ether oxygens (including phenoxy) is 1. The number of aliphatic hydroxyl groups excluding tert-OH is 2. The Hall–Kier alpha value is -1.54. The SMILES string of the molecule is COc1ccc(CN(CCO)c2nc(SC)nc(Cl)c2CO)cc1. The Morgan fingerprint density at radius 3 is 2.46 bits per heavy atom. The van der Waals surface area contributed by atoms with Gasteiger partial charge in [0, 0.05) is 13.1 Å². The lowest BCUT2D eigenvalue weighted by Gasteiger charge is -2.25. The maximum absolute atomic E-state index is 9.64. The number of aliphatic hydroxyl groups is 2. The maximum Gasteiger partial charge on any atom is 0.190 e. The lowest BCUT2D eigenvalue weighted by Crippen LogP contribution is -2.28. The molecule has 2 N–H and O–H groups in total. The third kappa shape index (κ3) is 4.51. The topological polar surface area (TPSA) is 78.7 Å². The minimum Gasteiger partial charge on any atom is -0.497 e. The summed E-state index contributed by atoms with van der Waals surface area (Å²) in [6, 6.07) is 7.64. The molecule has 0 aliphatic rings. The second-order valence-electron chi connectivity index (χ2n) is 4.95. The summed E-state index contributed by atoms with van der Waals surface area (Å²) in [6.07, 6.45) is 1.86. The molecule has 0 aliphatic carbocycles. The van der Waals surface area contributed by atoms with Gasteiger partial charge in [0.2, 0.25) is 0 Å². The van der Waals surface area contributed by atoms with E-state index < -0.39 is 0 Å². The predicted octanol–water partition coefficient (Wildman–Crippen LogP) is 2.35. The van der Waals surface area contributed by atoms with Crippen LogP contribution in [0.25, 0.3) is 0 Å². The van der Waals surface area contributed by atoms with Crippen LogP contribution in [-0.4, -0.2) is 46.7 Å². The number of anilines is 1. The summed E-state index contributed by atoms with van der Waals surface area (Å²) < 4.78 is 5.16. The van der Waals surface area contributed by atoms with E-state index in [0.29, 0.717) is 29.6 Å². The van der Waals surface area contributed by atoms with Gasteiger partial charge >= 0.3 is 0 Å². The van der Waals surface area contributed by atoms with Crippen LogP contribution >= 0.6 is 23.4 Å². The fourth-order valence-corrected chi connectivity index (χ4v) is 2.88. The summed E-state index contributed by atoms with van der Waals surface area (Å²) in [4.78, 5) is 10.5. The van der Waals surface area contributed by atoms with Crippen molar-refractivity contribution in [3.63, 3.8) is 0 Å². The molecule has 0 spiro atoms. The van der Waals surface area contributed by atoms with Crippen molar-refractivity contribution in [1.82, 2.24) is 9.97 Å². The van der Waals surface area contributed by atoms with Crippen LogP contribution in [0, 0.1) is 0 Å². The second kappa shape index (κ2) is 9.08. The number of methoxy groups -OCH3 is 1. The van der Waals surface area contributed by atoms with E-state index in [-0.39, 0.29) is 18.4 Å². The molecule has 0 fully saturated rings. The average molecular weight is 370 g/mol. The molecule has 2 rings (SSSR count). The van der Waals surface area contributed by atoms with Crippen molar-refractivity contribution >= 4 is 29.2 Å². The number of benzene rings is 1. The van der Waals surface area contributed by atoms with E-state index in [2.05, 4.69) is 9.97 Å². The molecule has 2 aromatic rings. The molecule has 1 aromatic carbocycles. The quantitative estimate of drug-likeness (QED) is 0.420. The Kier molecular flexibility index (Phi) is 7.11. The van der Waals surface area contributed by atoms with Crippen molar-refractivity contribution in [2.75, 3.05) is 31.4 Å². The van der Waals surface area contributed by atoms with Crippen LogP contribution in [-0.2, 0) is 13.2 Å². The standard InChI is InChI=1S/C16H20ClN3O3S/c1-23-12-5-3-11(4-6-12)9-20(7-8-21)15-13(10-22)14(17)18-16(19-15)24-2/h3-6,21-22H,7-10H2,1-2H3. The largest absolute Gasteiger partial charge is 0.497 e. The number of thioether (sulfide) groups is 1. The van der Waals surface area contributed by atoms with E-state index in [9.17, 15) is 10.2 Å². The third-order valence-electron chi connectivity index (χ3n) is 3.46. The molecule has 0 aliphatic heterocycles. The number of aromatic nitrogens is 2. The fraction of sp³-hybridized carbons (Fsp3) is 0.375. The Morgan fingerprint density at radius 1 is 1.21 bits per heavy atom. The Balaban J connectivity index is 2.36. The molecule has 8 heteroatoms. The highest BCUT2D eigenvalue weighted by Gasteiger charge is 2.18. The molecule has 0 saturated carbocycles. The first-order valence-corrected chi connectivity index (χ1v) is 8.93. The van der Waals surface area contributed by atoms with Gasteiger partial charge < -0.3 is 19.8 Å². The van der Waals surface area contributed by atoms with E-state index in [4.69, 9.17) is 16.3 Å². The minimum atomic E-state index is -0.270. The van der Waals surface area contributed by atoms with Crippen LogP contribution in [0.2, 0.25) is 5.15 Å². The molecular formula is C16H20ClN3O3S. The average Bonchev–Trinajstić information content (AvgIpc) is 2.61. The van der Waals surface area contributed by atoms with Crippen LogP contribution in [0.3, 0.4) is 0 Å². The van der Waals surface area contributed by atoms with Crippen LogP contribution < -0.4 is 9.64 Å². The lowest BCUT2D eigenvalue weighted by atomic mass is 10.2. The molecular weight excluding hydrogens is 350 g/mol. The summed E-state index contributed by atoms with van der Waals surface area (Å²) in [5, 5.41) is 19.8. The molecule has 0 amide bonds. The second-order valence-corrected chi connectivity index (χ2v) is 6.09. The molecule has 0 saturated heterocycles. The fourth-order valence-electron chi connectivity index (χ4n) is 2.25. The zero-order valence-corrected chi connectivity index (χ0v) is 15.1. The van der Waals surface area contributed by atoms with E-state index in [1.165, 1.54) is 11.8 Å². The summed E-state index contributed by atoms with van der Waals surface area (Å²) in [6.45, 7) is 0.559. The van der Waals surface area contributed by atoms with E-state index in [0.717, 1.165) is 11.3 Å². The molecule has 130 valence electrons. The number of hydrogen-bond acceptors (Lipinski definition) is 7. The summed E-state index contributed by atoms with van der Waals surface area (Å²) in [5.41, 5.74) is 1.48. The molecule has 1 heterocycles. The van der Waals surface area contributed by atoms with Gasteiger partial charge in [-0.3, -0.25) is 0 Å². The summed E-state index contributed by atoms with van der Waals surface area (Å²) in [7, 11) is 1.62. The van der Waals surface area contributed by atoms with Gasteiger partial charge in [-0.1, -0.05) is 35.5 Å². The van der Waals surface area contributed by atoms with E-state index >= 15 is 0 Å². The van der Waals surface area contributed by atoms with Gasteiger partial charge in [-0.05, 0) is 24.0 Å². The van der Waals surface area contributed by atoms with Crippen molar-refractivity contribution in [3.05, 3.63) is 40.5 Å². The van der Waals surface area contributed by atoms with E-state index in [1.54, 1.807) is 7.11 Å². The number of rotatable bonds is 8. The first kappa shape index (κ1) is 18.8. The molecule has 1 aromatic heterocycles. The molecule has 0 unspecified atom stereocenters. The van der Waals surface area contributed by atoms with Crippen LogP contribution in [0.15, 0.2) is 29.4 Å². The normalized spacial score (nSPS) is 10.7. The minimum absolute atomic E-state index is 0.0444. The van der Waals surface area contributed by atoms with Crippen LogP contribution in [0.1, 0.15) is 11.1 Å². The number of nitrogens with zero attached hydrogens (tertiary/aromatic N) is 3. The molecule has 0 bridgehead atoms. The molecule has 0 atom stereocenters. The van der Waals surface area contributed by atoms with Crippen molar-refractivity contribution in [3.8, 4) is 5.75 Å². The zero-order valence-electron chi connectivity index (χ0n) is 13.6. The highest BCUT2D eigenvalue weighted by Crippen LogP contribution is 2.28. The van der Waals surface area contributed by atoms with Gasteiger partial charge in [-0.15, -0.1) is 0 Å². The van der Waals surface area contributed by atoms with Gasteiger partial charge in [0.25, 0.3) is 0 Å². The van der Waals surface area contributed by atoms with Crippen molar-refractivity contribution in [1.29, 1.82) is 0 Å². The van der Waals surface area contributed by atoms with E-state index in [1.807, 2.05) is 35.4 Å². The Bertz CT molecular complexity index is 670. The highest BCUT2D eigenvalue weighted by molar-refractivity contribution is 7.98. The number of halogens is 1. The Labute approximate surface area is 150 Å². The molecule has 24 heavy (non-hydrogen) atoms. The van der Waals surface area contributed by atoms with Gasteiger partial charge in [0.05, 0.1) is 25.9 Å². The van der Waals surface area contributed by atoms with Gasteiger partial charge in [-0.2, -0.15) is 0 Å². The van der Waals surface area contributed by atoms with Crippen molar-refractivity contribution in [2.24, 2.45) is 0 Å². The smallest absolute Gasteiger partial charge is 0.190 e. The lowest BCUT2D eigenvalue weighted by molar-refractivity contribution is 0.279. The van der Waals surface area contributed by atoms with Gasteiger partial charge in [0.1, 0.15) is 16.7 Å². The summed E-state index contributed by atoms with van der Waals surface area (Å²) in [5.74, 6) is 1.31.